The third-order valence-electron chi connectivity index (χ3n) is 3.71. The summed E-state index contributed by atoms with van der Waals surface area (Å²) in [7, 11) is -1.15. The van der Waals surface area contributed by atoms with Crippen molar-refractivity contribution >= 4 is 19.0 Å². The Morgan fingerprint density at radius 3 is 2.64 bits per heavy atom. The van der Waals surface area contributed by atoms with Gasteiger partial charge in [0, 0.05) is 6.42 Å². The van der Waals surface area contributed by atoms with Gasteiger partial charge in [0.2, 0.25) is 5.91 Å². The molecule has 2 atom stereocenters. The zero-order valence-electron chi connectivity index (χ0n) is 12.3. The van der Waals surface area contributed by atoms with Gasteiger partial charge in [0.1, 0.15) is 0 Å². The van der Waals surface area contributed by atoms with E-state index in [1.165, 1.54) is 0 Å². The number of rotatable bonds is 6. The lowest BCUT2D eigenvalue weighted by atomic mass is 9.72. The van der Waals surface area contributed by atoms with Crippen molar-refractivity contribution in [3.63, 3.8) is 0 Å². The summed E-state index contributed by atoms with van der Waals surface area (Å²) < 4.78 is 5.23. The first-order valence-corrected chi connectivity index (χ1v) is 7.43. The van der Waals surface area contributed by atoms with Gasteiger partial charge in [0.25, 0.3) is 0 Å². The number of carboxylic acids is 1. The first kappa shape index (κ1) is 16.5. The molecule has 1 heterocycles. The van der Waals surface area contributed by atoms with E-state index in [1.807, 2.05) is 30.3 Å². The molecular formula is C15H20BNO5. The standard InChI is InChI=1S/C15H20BNO5/c18-14(9-6-11-4-2-1-3-5-11)17-13-8-7-12(10-15(19)20)22-16(13)21/h1-5,12-13,21H,6-10H2,(H,17,18)(H,19,20)/t12-,13-/m0/s1. The van der Waals surface area contributed by atoms with Crippen LogP contribution in [0.5, 0.6) is 0 Å². The maximum atomic E-state index is 11.9. The van der Waals surface area contributed by atoms with Gasteiger partial charge in [-0.15, -0.1) is 0 Å². The molecule has 1 fully saturated rings. The molecule has 0 aromatic heterocycles. The summed E-state index contributed by atoms with van der Waals surface area (Å²) in [5.41, 5.74) is 1.08. The number of aryl methyl sites for hydroxylation is 1. The van der Waals surface area contributed by atoms with E-state index in [2.05, 4.69) is 5.32 Å². The predicted octanol–water partition coefficient (Wildman–Crippen LogP) is 0.777. The van der Waals surface area contributed by atoms with Crippen LogP contribution >= 0.6 is 0 Å². The number of nitrogens with one attached hydrogen (secondary N) is 1. The van der Waals surface area contributed by atoms with Crippen LogP contribution in [0.15, 0.2) is 30.3 Å². The Bertz CT molecular complexity index is 510. The maximum Gasteiger partial charge on any atom is 0.478 e. The van der Waals surface area contributed by atoms with Crippen LogP contribution < -0.4 is 5.32 Å². The van der Waals surface area contributed by atoms with E-state index in [-0.39, 0.29) is 12.3 Å². The molecule has 6 nitrogen and oxygen atoms in total. The van der Waals surface area contributed by atoms with E-state index < -0.39 is 25.1 Å². The minimum Gasteiger partial charge on any atom is -0.481 e. The molecular weight excluding hydrogens is 285 g/mol. The lowest BCUT2D eigenvalue weighted by Gasteiger charge is -2.30. The molecule has 1 amide bonds. The summed E-state index contributed by atoms with van der Waals surface area (Å²) in [6, 6.07) is 9.70. The number of carbonyl (C=O) groups is 2. The Hall–Kier alpha value is -1.86. The van der Waals surface area contributed by atoms with Crippen LogP contribution in [0.2, 0.25) is 0 Å². The highest BCUT2D eigenvalue weighted by atomic mass is 16.5. The van der Waals surface area contributed by atoms with Gasteiger partial charge in [-0.3, -0.25) is 9.59 Å². The van der Waals surface area contributed by atoms with Gasteiger partial charge in [-0.1, -0.05) is 30.3 Å². The fourth-order valence-corrected chi connectivity index (χ4v) is 2.54. The van der Waals surface area contributed by atoms with Gasteiger partial charge >= 0.3 is 13.1 Å². The third-order valence-corrected chi connectivity index (χ3v) is 3.71. The Balaban J connectivity index is 1.74. The van der Waals surface area contributed by atoms with Crippen molar-refractivity contribution < 1.29 is 24.4 Å². The second-order valence-electron chi connectivity index (χ2n) is 5.48. The van der Waals surface area contributed by atoms with E-state index in [9.17, 15) is 14.6 Å². The number of hydrogen-bond donors (Lipinski definition) is 3. The molecule has 22 heavy (non-hydrogen) atoms. The summed E-state index contributed by atoms with van der Waals surface area (Å²) in [6.07, 6.45) is 1.36. The van der Waals surface area contributed by atoms with Crippen molar-refractivity contribution in [2.24, 2.45) is 0 Å². The van der Waals surface area contributed by atoms with Gasteiger partial charge < -0.3 is 20.1 Å². The van der Waals surface area contributed by atoms with Gasteiger partial charge in [0.05, 0.1) is 18.5 Å². The number of hydrogen-bond acceptors (Lipinski definition) is 4. The van der Waals surface area contributed by atoms with Crippen LogP contribution in [0.4, 0.5) is 0 Å². The molecule has 0 saturated carbocycles. The van der Waals surface area contributed by atoms with E-state index in [0.717, 1.165) is 5.56 Å². The van der Waals surface area contributed by atoms with Crippen LogP contribution in [0.25, 0.3) is 0 Å². The molecule has 1 aromatic carbocycles. The average Bonchev–Trinajstić information content (AvgIpc) is 2.48. The van der Waals surface area contributed by atoms with Crippen LogP contribution in [0, 0.1) is 0 Å². The Morgan fingerprint density at radius 1 is 1.27 bits per heavy atom. The van der Waals surface area contributed by atoms with Crippen molar-refractivity contribution in [2.45, 2.75) is 44.1 Å². The van der Waals surface area contributed by atoms with E-state index in [0.29, 0.717) is 25.7 Å². The van der Waals surface area contributed by atoms with E-state index in [4.69, 9.17) is 9.76 Å². The van der Waals surface area contributed by atoms with Crippen molar-refractivity contribution in [1.29, 1.82) is 0 Å². The van der Waals surface area contributed by atoms with Crippen molar-refractivity contribution in [3.05, 3.63) is 35.9 Å². The van der Waals surface area contributed by atoms with Crippen LogP contribution in [-0.4, -0.2) is 41.2 Å². The van der Waals surface area contributed by atoms with Crippen molar-refractivity contribution in [1.82, 2.24) is 5.32 Å². The predicted molar refractivity (Wildman–Crippen MR) is 81.0 cm³/mol. The SMILES string of the molecule is O=C(O)C[C@@H]1CC[C@H](NC(=O)CCc2ccccc2)B(O)O1. The number of carboxylic acid groups (broad SMARTS) is 1. The Morgan fingerprint density at radius 2 is 2.00 bits per heavy atom. The fourth-order valence-electron chi connectivity index (χ4n) is 2.54. The second-order valence-corrected chi connectivity index (χ2v) is 5.48. The number of carbonyl (C=O) groups excluding carboxylic acids is 1. The summed E-state index contributed by atoms with van der Waals surface area (Å²) in [4.78, 5) is 22.5. The topological polar surface area (TPSA) is 95.9 Å². The van der Waals surface area contributed by atoms with Crippen molar-refractivity contribution in [2.75, 3.05) is 0 Å². The average molecular weight is 305 g/mol. The monoisotopic (exact) mass is 305 g/mol. The lowest BCUT2D eigenvalue weighted by molar-refractivity contribution is -0.139. The lowest BCUT2D eigenvalue weighted by Crippen LogP contribution is -2.52. The van der Waals surface area contributed by atoms with Gasteiger partial charge in [-0.05, 0) is 24.8 Å². The second kappa shape index (κ2) is 7.96. The largest absolute Gasteiger partial charge is 0.481 e. The number of aliphatic carboxylic acids is 1. The van der Waals surface area contributed by atoms with E-state index >= 15 is 0 Å². The van der Waals surface area contributed by atoms with Crippen LogP contribution in [0.1, 0.15) is 31.2 Å². The molecule has 3 N–H and O–H groups in total. The van der Waals surface area contributed by atoms with Gasteiger partial charge in [-0.25, -0.2) is 0 Å². The molecule has 1 saturated heterocycles. The maximum absolute atomic E-state index is 11.9. The summed E-state index contributed by atoms with van der Waals surface area (Å²) in [6.45, 7) is 0. The summed E-state index contributed by atoms with van der Waals surface area (Å²) in [5.74, 6) is -1.58. The highest BCUT2D eigenvalue weighted by Gasteiger charge is 2.36. The molecule has 1 aliphatic rings. The zero-order valence-corrected chi connectivity index (χ0v) is 12.3. The number of amides is 1. The molecule has 0 aliphatic carbocycles. The minimum absolute atomic E-state index is 0.133. The molecule has 0 spiro atoms. The van der Waals surface area contributed by atoms with Crippen molar-refractivity contribution in [3.8, 4) is 0 Å². The molecule has 0 bridgehead atoms. The first-order chi connectivity index (χ1) is 10.5. The Kier molecular flexibility index (Phi) is 5.97. The molecule has 2 rings (SSSR count). The molecule has 118 valence electrons. The molecule has 0 radical (unpaired) electrons. The Labute approximate surface area is 129 Å². The molecule has 1 aliphatic heterocycles. The third kappa shape index (κ3) is 5.16. The minimum atomic E-state index is -1.15. The highest BCUT2D eigenvalue weighted by Crippen LogP contribution is 2.18. The van der Waals surface area contributed by atoms with Gasteiger partial charge in [0.15, 0.2) is 0 Å². The normalized spacial score (nSPS) is 21.4. The smallest absolute Gasteiger partial charge is 0.478 e. The molecule has 1 aromatic rings. The zero-order chi connectivity index (χ0) is 15.9. The molecule has 7 heteroatoms. The fraction of sp³-hybridized carbons (Fsp3) is 0.467. The highest BCUT2D eigenvalue weighted by molar-refractivity contribution is 6.45. The van der Waals surface area contributed by atoms with Crippen LogP contribution in [0.3, 0.4) is 0 Å². The first-order valence-electron chi connectivity index (χ1n) is 7.43. The summed E-state index contributed by atoms with van der Waals surface area (Å²) in [5, 5.41) is 21.3. The van der Waals surface area contributed by atoms with Crippen LogP contribution in [-0.2, 0) is 20.7 Å². The van der Waals surface area contributed by atoms with E-state index in [1.54, 1.807) is 0 Å². The summed E-state index contributed by atoms with van der Waals surface area (Å²) >= 11 is 0. The molecule has 0 unspecified atom stereocenters. The quantitative estimate of drug-likeness (QED) is 0.675. The van der Waals surface area contributed by atoms with Gasteiger partial charge in [-0.2, -0.15) is 0 Å². The number of benzene rings is 1.